The molecule has 3 rings (SSSR count). The van der Waals surface area contributed by atoms with Gasteiger partial charge in [-0.2, -0.15) is 4.98 Å². The van der Waals surface area contributed by atoms with Gasteiger partial charge in [-0.1, -0.05) is 31.1 Å². The van der Waals surface area contributed by atoms with E-state index in [2.05, 4.69) is 15.5 Å². The van der Waals surface area contributed by atoms with Gasteiger partial charge in [0, 0.05) is 11.6 Å². The van der Waals surface area contributed by atoms with E-state index < -0.39 is 0 Å². The van der Waals surface area contributed by atoms with E-state index in [1.807, 2.05) is 32.0 Å². The summed E-state index contributed by atoms with van der Waals surface area (Å²) in [4.78, 5) is 16.5. The minimum atomic E-state index is -0.275. The van der Waals surface area contributed by atoms with E-state index in [1.54, 1.807) is 37.4 Å². The second-order valence-corrected chi connectivity index (χ2v) is 6.17. The molecule has 2 aromatic carbocycles. The van der Waals surface area contributed by atoms with Crippen LogP contribution in [0, 0.1) is 0 Å². The second kappa shape index (κ2) is 8.35. The van der Waals surface area contributed by atoms with E-state index in [0.29, 0.717) is 28.7 Å². The van der Waals surface area contributed by atoms with Gasteiger partial charge in [-0.25, -0.2) is 0 Å². The Morgan fingerprint density at radius 3 is 2.56 bits per heavy atom. The van der Waals surface area contributed by atoms with Crippen molar-refractivity contribution in [3.05, 3.63) is 54.4 Å². The largest absolute Gasteiger partial charge is 0.497 e. The standard InChI is InChI=1S/C20H21N3O4/c1-13(2)19-22-20(27-23-19)16-6-4-5-7-17(16)26-12-18(24)21-14-8-10-15(25-3)11-9-14/h4-11,13H,12H2,1-3H3,(H,21,24). The Kier molecular flexibility index (Phi) is 5.71. The molecule has 0 saturated heterocycles. The summed E-state index contributed by atoms with van der Waals surface area (Å²) in [5.74, 6) is 2.09. The van der Waals surface area contributed by atoms with Crippen molar-refractivity contribution >= 4 is 11.6 Å². The van der Waals surface area contributed by atoms with Crippen LogP contribution in [0.4, 0.5) is 5.69 Å². The van der Waals surface area contributed by atoms with Gasteiger partial charge in [0.25, 0.3) is 11.8 Å². The summed E-state index contributed by atoms with van der Waals surface area (Å²) >= 11 is 0. The number of methoxy groups -OCH3 is 1. The van der Waals surface area contributed by atoms with Crippen LogP contribution >= 0.6 is 0 Å². The maximum atomic E-state index is 12.2. The Hall–Kier alpha value is -3.35. The number of amides is 1. The van der Waals surface area contributed by atoms with Crippen molar-refractivity contribution in [3.63, 3.8) is 0 Å². The average molecular weight is 367 g/mol. The number of carbonyl (C=O) groups is 1. The molecule has 1 aromatic heterocycles. The molecule has 7 nitrogen and oxygen atoms in total. The Balaban J connectivity index is 1.66. The van der Waals surface area contributed by atoms with Gasteiger partial charge in [0.1, 0.15) is 11.5 Å². The molecule has 1 amide bonds. The number of carbonyl (C=O) groups excluding carboxylic acids is 1. The summed E-state index contributed by atoms with van der Waals surface area (Å²) in [7, 11) is 1.59. The molecular weight excluding hydrogens is 346 g/mol. The molecule has 27 heavy (non-hydrogen) atoms. The van der Waals surface area contributed by atoms with Crippen LogP contribution in [-0.2, 0) is 4.79 Å². The first-order valence-electron chi connectivity index (χ1n) is 8.56. The van der Waals surface area contributed by atoms with E-state index in [0.717, 1.165) is 5.75 Å². The number of rotatable bonds is 7. The SMILES string of the molecule is COc1ccc(NC(=O)COc2ccccc2-c2nc(C(C)C)no2)cc1. The molecule has 0 saturated carbocycles. The van der Waals surface area contributed by atoms with Gasteiger partial charge >= 0.3 is 0 Å². The molecule has 0 fully saturated rings. The van der Waals surface area contributed by atoms with Gasteiger partial charge in [0.2, 0.25) is 0 Å². The quantitative estimate of drug-likeness (QED) is 0.682. The average Bonchev–Trinajstić information content (AvgIpc) is 3.17. The predicted molar refractivity (Wildman–Crippen MR) is 101 cm³/mol. The summed E-state index contributed by atoms with van der Waals surface area (Å²) in [6, 6.07) is 14.3. The van der Waals surface area contributed by atoms with E-state index in [1.165, 1.54) is 0 Å². The second-order valence-electron chi connectivity index (χ2n) is 6.17. The van der Waals surface area contributed by atoms with Gasteiger partial charge in [-0.15, -0.1) is 0 Å². The summed E-state index contributed by atoms with van der Waals surface area (Å²) < 4.78 is 16.1. The third kappa shape index (κ3) is 4.63. The zero-order valence-corrected chi connectivity index (χ0v) is 15.4. The van der Waals surface area contributed by atoms with E-state index in [9.17, 15) is 4.79 Å². The number of hydrogen-bond acceptors (Lipinski definition) is 6. The fourth-order valence-corrected chi connectivity index (χ4v) is 2.36. The van der Waals surface area contributed by atoms with Gasteiger partial charge < -0.3 is 19.3 Å². The Labute approximate surface area is 157 Å². The molecule has 1 N–H and O–H groups in total. The minimum absolute atomic E-state index is 0.145. The topological polar surface area (TPSA) is 86.5 Å². The molecule has 0 aliphatic rings. The van der Waals surface area contributed by atoms with Crippen LogP contribution in [0.2, 0.25) is 0 Å². The van der Waals surface area contributed by atoms with Crippen molar-refractivity contribution in [3.8, 4) is 23.0 Å². The highest BCUT2D eigenvalue weighted by molar-refractivity contribution is 5.92. The first kappa shape index (κ1) is 18.4. The number of nitrogens with zero attached hydrogens (tertiary/aromatic N) is 2. The first-order chi connectivity index (χ1) is 13.1. The zero-order valence-electron chi connectivity index (χ0n) is 15.4. The molecule has 7 heteroatoms. The van der Waals surface area contributed by atoms with E-state index in [4.69, 9.17) is 14.0 Å². The lowest BCUT2D eigenvalue weighted by molar-refractivity contribution is -0.118. The Bertz CT molecular complexity index is 904. The Morgan fingerprint density at radius 2 is 1.89 bits per heavy atom. The van der Waals surface area contributed by atoms with Crippen molar-refractivity contribution in [1.82, 2.24) is 10.1 Å². The molecular formula is C20H21N3O4. The first-order valence-corrected chi connectivity index (χ1v) is 8.56. The molecule has 1 heterocycles. The van der Waals surface area contributed by atoms with Crippen LogP contribution in [-0.4, -0.2) is 29.8 Å². The molecule has 3 aromatic rings. The molecule has 0 radical (unpaired) electrons. The van der Waals surface area contributed by atoms with Gasteiger partial charge in [0.05, 0.1) is 12.7 Å². The maximum Gasteiger partial charge on any atom is 0.262 e. The monoisotopic (exact) mass is 367 g/mol. The normalized spacial score (nSPS) is 10.7. The van der Waals surface area contributed by atoms with Crippen LogP contribution in [0.5, 0.6) is 11.5 Å². The number of anilines is 1. The van der Waals surface area contributed by atoms with Crippen molar-refractivity contribution < 1.29 is 18.8 Å². The summed E-state index contributed by atoms with van der Waals surface area (Å²) in [6.45, 7) is 3.83. The van der Waals surface area contributed by atoms with Gasteiger partial charge in [-0.05, 0) is 36.4 Å². The van der Waals surface area contributed by atoms with Crippen molar-refractivity contribution in [2.45, 2.75) is 19.8 Å². The highest BCUT2D eigenvalue weighted by atomic mass is 16.5. The van der Waals surface area contributed by atoms with Gasteiger partial charge in [-0.3, -0.25) is 4.79 Å². The number of para-hydroxylation sites is 1. The van der Waals surface area contributed by atoms with Gasteiger partial charge in [0.15, 0.2) is 12.4 Å². The van der Waals surface area contributed by atoms with Crippen LogP contribution < -0.4 is 14.8 Å². The summed E-state index contributed by atoms with van der Waals surface area (Å²) in [5, 5.41) is 6.74. The van der Waals surface area contributed by atoms with Crippen molar-refractivity contribution in [2.24, 2.45) is 0 Å². The molecule has 0 spiro atoms. The molecule has 140 valence electrons. The zero-order chi connectivity index (χ0) is 19.2. The number of ether oxygens (including phenoxy) is 2. The van der Waals surface area contributed by atoms with Crippen molar-refractivity contribution in [2.75, 3.05) is 19.0 Å². The number of aromatic nitrogens is 2. The van der Waals surface area contributed by atoms with E-state index in [-0.39, 0.29) is 18.4 Å². The number of benzene rings is 2. The lowest BCUT2D eigenvalue weighted by Gasteiger charge is -2.10. The highest BCUT2D eigenvalue weighted by Gasteiger charge is 2.16. The van der Waals surface area contributed by atoms with Crippen LogP contribution in [0.3, 0.4) is 0 Å². The highest BCUT2D eigenvalue weighted by Crippen LogP contribution is 2.29. The third-order valence-corrected chi connectivity index (χ3v) is 3.81. The van der Waals surface area contributed by atoms with Crippen LogP contribution in [0.15, 0.2) is 53.1 Å². The van der Waals surface area contributed by atoms with E-state index >= 15 is 0 Å². The molecule has 0 unspecified atom stereocenters. The van der Waals surface area contributed by atoms with Crippen LogP contribution in [0.1, 0.15) is 25.6 Å². The maximum absolute atomic E-state index is 12.2. The summed E-state index contributed by atoms with van der Waals surface area (Å²) in [6.07, 6.45) is 0. The summed E-state index contributed by atoms with van der Waals surface area (Å²) in [5.41, 5.74) is 1.31. The smallest absolute Gasteiger partial charge is 0.262 e. The predicted octanol–water partition coefficient (Wildman–Crippen LogP) is 3.89. The molecule has 0 atom stereocenters. The Morgan fingerprint density at radius 1 is 1.15 bits per heavy atom. The van der Waals surface area contributed by atoms with Crippen molar-refractivity contribution in [1.29, 1.82) is 0 Å². The molecule has 0 aliphatic heterocycles. The minimum Gasteiger partial charge on any atom is -0.497 e. The lowest BCUT2D eigenvalue weighted by atomic mass is 10.2. The lowest BCUT2D eigenvalue weighted by Crippen LogP contribution is -2.20. The van der Waals surface area contributed by atoms with Crippen LogP contribution in [0.25, 0.3) is 11.5 Å². The molecule has 0 aliphatic carbocycles. The fraction of sp³-hybridized carbons (Fsp3) is 0.250. The number of nitrogens with one attached hydrogen (secondary N) is 1. The molecule has 0 bridgehead atoms. The fourth-order valence-electron chi connectivity index (χ4n) is 2.36. The number of hydrogen-bond donors (Lipinski definition) is 1. The third-order valence-electron chi connectivity index (χ3n) is 3.81.